The zero-order valence-corrected chi connectivity index (χ0v) is 21.3. The molecule has 0 heterocycles. The number of carbonyl (C=O) groups is 2. The fourth-order valence-corrected chi connectivity index (χ4v) is 3.82. The van der Waals surface area contributed by atoms with Crippen LogP contribution in [0.4, 0.5) is 0 Å². The summed E-state index contributed by atoms with van der Waals surface area (Å²) in [5.74, 6) is 6.30. The van der Waals surface area contributed by atoms with Crippen LogP contribution in [0.25, 0.3) is 0 Å². The number of carbonyl (C=O) groups excluding carboxylic acids is 2. The van der Waals surface area contributed by atoms with Crippen molar-refractivity contribution >= 4 is 11.9 Å². The van der Waals surface area contributed by atoms with Gasteiger partial charge in [-0.2, -0.15) is 0 Å². The Morgan fingerprint density at radius 1 is 0.971 bits per heavy atom. The molecule has 5 nitrogen and oxygen atoms in total. The topological polar surface area (TPSA) is 64.6 Å². The molecule has 1 rings (SSSR count). The summed E-state index contributed by atoms with van der Waals surface area (Å²) in [6.07, 6.45) is 13.1. The standard InChI is InChI=1S/C29H43NO4/c1-5-6-7-14-19-24(2)20-15-11-9-8-10-12-18-23-26(33-3)28(31)30-27(29(32)34-4)25-21-16-13-17-22-25/h5,13,16-17,21-22,24,26-27H,1,6-9,11,14-15,18-20,23H2,2-4H3,(H,30,31)/t24?,26-,27+/m0/s1. The molecule has 0 aliphatic carbocycles. The van der Waals surface area contributed by atoms with E-state index in [0.717, 1.165) is 25.2 Å². The van der Waals surface area contributed by atoms with E-state index in [1.807, 2.05) is 24.3 Å². The minimum absolute atomic E-state index is 0.345. The van der Waals surface area contributed by atoms with Crippen molar-refractivity contribution in [3.63, 3.8) is 0 Å². The normalized spacial score (nSPS) is 13.1. The highest BCUT2D eigenvalue weighted by Crippen LogP contribution is 2.17. The Morgan fingerprint density at radius 3 is 2.29 bits per heavy atom. The van der Waals surface area contributed by atoms with Gasteiger partial charge >= 0.3 is 5.97 Å². The predicted octanol–water partition coefficient (Wildman–Crippen LogP) is 6.15. The Balaban J connectivity index is 2.30. The van der Waals surface area contributed by atoms with E-state index in [4.69, 9.17) is 9.47 Å². The Kier molecular flexibility index (Phi) is 16.3. The molecule has 0 saturated heterocycles. The number of ether oxygens (including phenoxy) is 2. The van der Waals surface area contributed by atoms with Gasteiger partial charge in [-0.1, -0.05) is 75.4 Å². The van der Waals surface area contributed by atoms with E-state index in [1.165, 1.54) is 52.7 Å². The quantitative estimate of drug-likeness (QED) is 0.129. The van der Waals surface area contributed by atoms with E-state index in [9.17, 15) is 9.59 Å². The number of esters is 1. The molecule has 0 spiro atoms. The molecular formula is C29H43NO4. The molecule has 1 unspecified atom stereocenters. The molecule has 1 N–H and O–H groups in total. The maximum absolute atomic E-state index is 12.7. The molecule has 5 heteroatoms. The van der Waals surface area contributed by atoms with Gasteiger partial charge in [0.15, 0.2) is 6.04 Å². The second kappa shape index (κ2) is 18.8. The number of benzene rings is 1. The summed E-state index contributed by atoms with van der Waals surface area (Å²) >= 11 is 0. The molecule has 188 valence electrons. The van der Waals surface area contributed by atoms with Gasteiger partial charge < -0.3 is 14.8 Å². The van der Waals surface area contributed by atoms with Crippen LogP contribution in [0, 0.1) is 17.8 Å². The van der Waals surface area contributed by atoms with Crippen LogP contribution < -0.4 is 5.32 Å². The summed E-state index contributed by atoms with van der Waals surface area (Å²) in [5, 5.41) is 2.75. The molecular weight excluding hydrogens is 426 g/mol. The molecule has 0 bridgehead atoms. The van der Waals surface area contributed by atoms with Gasteiger partial charge in [0.05, 0.1) is 7.11 Å². The summed E-state index contributed by atoms with van der Waals surface area (Å²) in [6.45, 7) is 6.12. The lowest BCUT2D eigenvalue weighted by Gasteiger charge is -2.20. The fraction of sp³-hybridized carbons (Fsp3) is 0.586. The third-order valence-electron chi connectivity index (χ3n) is 5.94. The van der Waals surface area contributed by atoms with E-state index in [0.29, 0.717) is 18.4 Å². The number of unbranched alkanes of at least 4 members (excludes halogenated alkanes) is 5. The largest absolute Gasteiger partial charge is 0.467 e. The monoisotopic (exact) mass is 469 g/mol. The van der Waals surface area contributed by atoms with Crippen molar-refractivity contribution < 1.29 is 19.1 Å². The maximum atomic E-state index is 12.7. The molecule has 0 radical (unpaired) electrons. The van der Waals surface area contributed by atoms with E-state index in [2.05, 4.69) is 30.7 Å². The van der Waals surface area contributed by atoms with Gasteiger partial charge in [0.2, 0.25) is 5.91 Å². The minimum Gasteiger partial charge on any atom is -0.467 e. The first kappa shape index (κ1) is 29.5. The van der Waals surface area contributed by atoms with E-state index in [-0.39, 0.29) is 5.91 Å². The third-order valence-corrected chi connectivity index (χ3v) is 5.94. The molecule has 0 aliphatic heterocycles. The first-order chi connectivity index (χ1) is 16.5. The van der Waals surface area contributed by atoms with Crippen molar-refractivity contribution in [3.05, 3.63) is 48.6 Å². The number of amides is 1. The number of methoxy groups -OCH3 is 2. The van der Waals surface area contributed by atoms with E-state index >= 15 is 0 Å². The predicted molar refractivity (Wildman–Crippen MR) is 138 cm³/mol. The van der Waals surface area contributed by atoms with Crippen LogP contribution >= 0.6 is 0 Å². The zero-order chi connectivity index (χ0) is 25.0. The van der Waals surface area contributed by atoms with E-state index in [1.54, 1.807) is 12.1 Å². The lowest BCUT2D eigenvalue weighted by Crippen LogP contribution is -2.41. The van der Waals surface area contributed by atoms with Crippen LogP contribution in [0.3, 0.4) is 0 Å². The SMILES string of the molecule is C=CCCCCC(C)CCCCCC#CCC[C@H](OC)C(=O)N[C@@H](C(=O)OC)c1ccccc1. The lowest BCUT2D eigenvalue weighted by molar-refractivity contribution is -0.147. The van der Waals surface area contributed by atoms with Crippen LogP contribution in [0.15, 0.2) is 43.0 Å². The fourth-order valence-electron chi connectivity index (χ4n) is 3.82. The van der Waals surface area contributed by atoms with Gasteiger partial charge in [0.25, 0.3) is 0 Å². The number of hydrogen-bond acceptors (Lipinski definition) is 4. The van der Waals surface area contributed by atoms with Crippen LogP contribution in [0.1, 0.15) is 89.2 Å². The molecule has 0 aromatic heterocycles. The number of hydrogen-bond donors (Lipinski definition) is 1. The second-order valence-corrected chi connectivity index (χ2v) is 8.77. The van der Waals surface area contributed by atoms with Gasteiger partial charge in [-0.25, -0.2) is 4.79 Å². The van der Waals surface area contributed by atoms with Gasteiger partial charge in [-0.3, -0.25) is 4.79 Å². The van der Waals surface area contributed by atoms with Crippen LogP contribution in [0.5, 0.6) is 0 Å². The Bertz CT molecular complexity index is 765. The molecule has 0 saturated carbocycles. The van der Waals surface area contributed by atoms with Crippen molar-refractivity contribution in [2.75, 3.05) is 14.2 Å². The van der Waals surface area contributed by atoms with Crippen molar-refractivity contribution in [1.29, 1.82) is 0 Å². The highest BCUT2D eigenvalue weighted by Gasteiger charge is 2.27. The maximum Gasteiger partial charge on any atom is 0.333 e. The molecule has 0 aliphatic rings. The molecule has 1 aromatic rings. The average molecular weight is 470 g/mol. The van der Waals surface area contributed by atoms with Crippen LogP contribution in [-0.2, 0) is 19.1 Å². The molecule has 3 atom stereocenters. The van der Waals surface area contributed by atoms with Crippen molar-refractivity contribution in [2.45, 2.75) is 89.7 Å². The summed E-state index contributed by atoms with van der Waals surface area (Å²) in [5.41, 5.74) is 0.666. The van der Waals surface area contributed by atoms with Crippen molar-refractivity contribution in [2.24, 2.45) is 5.92 Å². The minimum atomic E-state index is -0.864. The summed E-state index contributed by atoms with van der Waals surface area (Å²) in [7, 11) is 2.80. The van der Waals surface area contributed by atoms with Gasteiger partial charge in [0.1, 0.15) is 6.10 Å². The summed E-state index contributed by atoms with van der Waals surface area (Å²) in [4.78, 5) is 24.8. The Labute approximate surface area is 206 Å². The van der Waals surface area contributed by atoms with E-state index < -0.39 is 18.1 Å². The van der Waals surface area contributed by atoms with Crippen molar-refractivity contribution in [1.82, 2.24) is 5.32 Å². The summed E-state index contributed by atoms with van der Waals surface area (Å²) < 4.78 is 10.2. The highest BCUT2D eigenvalue weighted by molar-refractivity contribution is 5.87. The number of rotatable bonds is 17. The summed E-state index contributed by atoms with van der Waals surface area (Å²) in [6, 6.07) is 8.17. The third kappa shape index (κ3) is 12.6. The first-order valence-electron chi connectivity index (χ1n) is 12.6. The second-order valence-electron chi connectivity index (χ2n) is 8.77. The number of nitrogens with one attached hydrogen (secondary N) is 1. The molecule has 0 fully saturated rings. The smallest absolute Gasteiger partial charge is 0.333 e. The molecule has 1 aromatic carbocycles. The Hall–Kier alpha value is -2.58. The van der Waals surface area contributed by atoms with Gasteiger partial charge in [-0.15, -0.1) is 18.4 Å². The van der Waals surface area contributed by atoms with Gasteiger partial charge in [0, 0.05) is 20.0 Å². The van der Waals surface area contributed by atoms with Gasteiger partial charge in [-0.05, 0) is 37.2 Å². The average Bonchev–Trinajstić information content (AvgIpc) is 2.86. The zero-order valence-electron chi connectivity index (χ0n) is 21.3. The Morgan fingerprint density at radius 2 is 1.65 bits per heavy atom. The number of allylic oxidation sites excluding steroid dienone is 1. The molecule has 34 heavy (non-hydrogen) atoms. The molecule has 1 amide bonds. The van der Waals surface area contributed by atoms with Crippen molar-refractivity contribution in [3.8, 4) is 11.8 Å². The van der Waals surface area contributed by atoms with Crippen LogP contribution in [0.2, 0.25) is 0 Å². The first-order valence-corrected chi connectivity index (χ1v) is 12.6. The lowest BCUT2D eigenvalue weighted by atomic mass is 9.96. The van der Waals surface area contributed by atoms with Crippen LogP contribution in [-0.4, -0.2) is 32.2 Å². The highest BCUT2D eigenvalue weighted by atomic mass is 16.5.